The van der Waals surface area contributed by atoms with E-state index in [4.69, 9.17) is 10.5 Å². The standard InChI is InChI=1S/C14H11N5/c1-11-4-5-14(19-6-2-3-7-19)13(8-11)18-17-12(9-15)10-16/h2-8,18H,1H3. The van der Waals surface area contributed by atoms with Gasteiger partial charge in [-0.2, -0.15) is 15.6 Å². The molecule has 1 aromatic heterocycles. The van der Waals surface area contributed by atoms with Crippen molar-refractivity contribution in [1.29, 1.82) is 10.5 Å². The van der Waals surface area contributed by atoms with Crippen molar-refractivity contribution in [2.45, 2.75) is 6.92 Å². The fourth-order valence-corrected chi connectivity index (χ4v) is 1.65. The number of nitrogens with zero attached hydrogens (tertiary/aromatic N) is 4. The Morgan fingerprint density at radius 2 is 1.89 bits per heavy atom. The lowest BCUT2D eigenvalue weighted by Gasteiger charge is -2.10. The molecular weight excluding hydrogens is 238 g/mol. The van der Waals surface area contributed by atoms with Gasteiger partial charge in [-0.1, -0.05) is 6.07 Å². The molecule has 1 heterocycles. The SMILES string of the molecule is Cc1ccc(-n2cccc2)c(NN=C(C#N)C#N)c1. The molecule has 5 nitrogen and oxygen atoms in total. The number of benzene rings is 1. The van der Waals surface area contributed by atoms with Crippen LogP contribution in [0.4, 0.5) is 5.69 Å². The largest absolute Gasteiger partial charge is 0.322 e. The highest BCUT2D eigenvalue weighted by Crippen LogP contribution is 2.22. The topological polar surface area (TPSA) is 76.9 Å². The maximum absolute atomic E-state index is 8.66. The quantitative estimate of drug-likeness (QED) is 0.671. The van der Waals surface area contributed by atoms with Crippen molar-refractivity contribution in [3.8, 4) is 17.8 Å². The van der Waals surface area contributed by atoms with E-state index in [-0.39, 0.29) is 5.71 Å². The Morgan fingerprint density at radius 3 is 2.53 bits per heavy atom. The van der Waals surface area contributed by atoms with Crippen molar-refractivity contribution < 1.29 is 0 Å². The first-order chi connectivity index (χ1) is 9.24. The van der Waals surface area contributed by atoms with Gasteiger partial charge in [-0.25, -0.2) is 0 Å². The third kappa shape index (κ3) is 2.80. The molecule has 2 aromatic rings. The number of anilines is 1. The predicted molar refractivity (Wildman–Crippen MR) is 72.8 cm³/mol. The van der Waals surface area contributed by atoms with Gasteiger partial charge in [0.1, 0.15) is 12.1 Å². The molecule has 92 valence electrons. The van der Waals surface area contributed by atoms with Gasteiger partial charge in [0.2, 0.25) is 5.71 Å². The van der Waals surface area contributed by atoms with Crippen LogP contribution in [0.1, 0.15) is 5.56 Å². The molecule has 2 rings (SSSR count). The number of aromatic nitrogens is 1. The van der Waals surface area contributed by atoms with Crippen LogP contribution in [0.3, 0.4) is 0 Å². The van der Waals surface area contributed by atoms with Crippen LogP contribution < -0.4 is 5.43 Å². The van der Waals surface area contributed by atoms with E-state index in [0.717, 1.165) is 16.9 Å². The number of nitriles is 2. The zero-order chi connectivity index (χ0) is 13.7. The maximum atomic E-state index is 8.66. The molecule has 5 heteroatoms. The maximum Gasteiger partial charge on any atom is 0.237 e. The minimum atomic E-state index is -0.208. The minimum Gasteiger partial charge on any atom is -0.322 e. The smallest absolute Gasteiger partial charge is 0.237 e. The third-order valence-corrected chi connectivity index (χ3v) is 2.53. The Kier molecular flexibility index (Phi) is 3.61. The van der Waals surface area contributed by atoms with E-state index >= 15 is 0 Å². The van der Waals surface area contributed by atoms with E-state index in [1.165, 1.54) is 0 Å². The van der Waals surface area contributed by atoms with Crippen molar-refractivity contribution in [3.63, 3.8) is 0 Å². The zero-order valence-corrected chi connectivity index (χ0v) is 10.3. The van der Waals surface area contributed by atoms with Crippen molar-refractivity contribution >= 4 is 11.4 Å². The van der Waals surface area contributed by atoms with Crippen LogP contribution in [0.15, 0.2) is 47.8 Å². The van der Waals surface area contributed by atoms with Crippen molar-refractivity contribution in [1.82, 2.24) is 4.57 Å². The van der Waals surface area contributed by atoms with Crippen LogP contribution in [-0.4, -0.2) is 10.3 Å². The first kappa shape index (κ1) is 12.4. The van der Waals surface area contributed by atoms with Crippen molar-refractivity contribution in [2.75, 3.05) is 5.43 Å². The highest BCUT2D eigenvalue weighted by atomic mass is 15.3. The summed E-state index contributed by atoms with van der Waals surface area (Å²) in [5, 5.41) is 21.1. The third-order valence-electron chi connectivity index (χ3n) is 2.53. The molecule has 0 amide bonds. The Labute approximate surface area is 111 Å². The predicted octanol–water partition coefficient (Wildman–Crippen LogP) is 2.60. The lowest BCUT2D eigenvalue weighted by molar-refractivity contribution is 1.07. The molecule has 0 bridgehead atoms. The monoisotopic (exact) mass is 249 g/mol. The molecule has 0 spiro atoms. The molecule has 19 heavy (non-hydrogen) atoms. The van der Waals surface area contributed by atoms with Crippen LogP contribution in [-0.2, 0) is 0 Å². The fourth-order valence-electron chi connectivity index (χ4n) is 1.65. The molecule has 0 radical (unpaired) electrons. The van der Waals surface area contributed by atoms with Crippen LogP contribution in [0.5, 0.6) is 0 Å². The first-order valence-corrected chi connectivity index (χ1v) is 5.62. The van der Waals surface area contributed by atoms with Gasteiger partial charge in [0.25, 0.3) is 0 Å². The zero-order valence-electron chi connectivity index (χ0n) is 10.3. The van der Waals surface area contributed by atoms with Gasteiger partial charge in [-0.05, 0) is 36.8 Å². The van der Waals surface area contributed by atoms with Gasteiger partial charge in [0, 0.05) is 12.4 Å². The number of nitrogens with one attached hydrogen (secondary N) is 1. The average Bonchev–Trinajstić information content (AvgIpc) is 2.94. The summed E-state index contributed by atoms with van der Waals surface area (Å²) < 4.78 is 1.93. The van der Waals surface area contributed by atoms with Crippen LogP contribution in [0, 0.1) is 29.6 Å². The van der Waals surface area contributed by atoms with Gasteiger partial charge in [0.15, 0.2) is 0 Å². The van der Waals surface area contributed by atoms with Crippen molar-refractivity contribution in [2.24, 2.45) is 5.10 Å². The second-order valence-corrected chi connectivity index (χ2v) is 3.91. The van der Waals surface area contributed by atoms with E-state index in [0.29, 0.717) is 0 Å². The number of aryl methyl sites for hydroxylation is 1. The summed E-state index contributed by atoms with van der Waals surface area (Å²) in [6.07, 6.45) is 3.82. The minimum absolute atomic E-state index is 0.208. The Morgan fingerprint density at radius 1 is 1.21 bits per heavy atom. The molecule has 1 N–H and O–H groups in total. The molecule has 0 aliphatic carbocycles. The molecular formula is C14H11N5. The van der Waals surface area contributed by atoms with Gasteiger partial charge >= 0.3 is 0 Å². The fraction of sp³-hybridized carbons (Fsp3) is 0.0714. The second-order valence-electron chi connectivity index (χ2n) is 3.91. The van der Waals surface area contributed by atoms with E-state index in [2.05, 4.69) is 10.5 Å². The van der Waals surface area contributed by atoms with E-state index in [1.54, 1.807) is 12.1 Å². The summed E-state index contributed by atoms with van der Waals surface area (Å²) in [6.45, 7) is 1.96. The Bertz CT molecular complexity index is 668. The normalized spacial score (nSPS) is 9.21. The van der Waals surface area contributed by atoms with Gasteiger partial charge in [-0.15, -0.1) is 0 Å². The number of hydrazone groups is 1. The summed E-state index contributed by atoms with van der Waals surface area (Å²) in [5.41, 5.74) is 5.25. The lowest BCUT2D eigenvalue weighted by atomic mass is 10.2. The second kappa shape index (κ2) is 5.52. The van der Waals surface area contributed by atoms with Crippen LogP contribution in [0.25, 0.3) is 5.69 Å². The van der Waals surface area contributed by atoms with E-state index in [1.807, 2.05) is 54.2 Å². The molecule has 0 atom stereocenters. The molecule has 0 aliphatic rings. The van der Waals surface area contributed by atoms with Gasteiger partial charge in [0.05, 0.1) is 11.4 Å². The highest BCUT2D eigenvalue weighted by Gasteiger charge is 2.04. The summed E-state index contributed by atoms with van der Waals surface area (Å²) in [6, 6.07) is 13.1. The van der Waals surface area contributed by atoms with Crippen molar-refractivity contribution in [3.05, 3.63) is 48.3 Å². The number of hydrogen-bond donors (Lipinski definition) is 1. The first-order valence-electron chi connectivity index (χ1n) is 5.62. The highest BCUT2D eigenvalue weighted by molar-refractivity contribution is 6.10. The molecule has 0 fully saturated rings. The average molecular weight is 249 g/mol. The molecule has 1 aromatic carbocycles. The van der Waals surface area contributed by atoms with E-state index < -0.39 is 0 Å². The summed E-state index contributed by atoms with van der Waals surface area (Å²) >= 11 is 0. The van der Waals surface area contributed by atoms with Gasteiger partial charge in [-0.3, -0.25) is 5.43 Å². The Balaban J connectivity index is 2.40. The summed E-state index contributed by atoms with van der Waals surface area (Å²) in [4.78, 5) is 0. The molecule has 0 unspecified atom stereocenters. The lowest BCUT2D eigenvalue weighted by Crippen LogP contribution is -2.01. The molecule has 0 aliphatic heterocycles. The molecule has 0 saturated carbocycles. The van der Waals surface area contributed by atoms with E-state index in [9.17, 15) is 0 Å². The van der Waals surface area contributed by atoms with Crippen LogP contribution in [0.2, 0.25) is 0 Å². The number of rotatable bonds is 3. The summed E-state index contributed by atoms with van der Waals surface area (Å²) in [5.74, 6) is 0. The van der Waals surface area contributed by atoms with Gasteiger partial charge < -0.3 is 4.57 Å². The Hall–Kier alpha value is -3.05. The van der Waals surface area contributed by atoms with Crippen LogP contribution >= 0.6 is 0 Å². The molecule has 0 saturated heterocycles. The number of hydrogen-bond acceptors (Lipinski definition) is 4. The summed E-state index contributed by atoms with van der Waals surface area (Å²) in [7, 11) is 0.